The Kier molecular flexibility index (Phi) is 3.23. The normalized spacial score (nSPS) is 12.6. The first-order valence-electron chi connectivity index (χ1n) is 7.47. The van der Waals surface area contributed by atoms with Crippen LogP contribution in [0.1, 0.15) is 5.56 Å². The van der Waals surface area contributed by atoms with Crippen molar-refractivity contribution < 1.29 is 13.2 Å². The summed E-state index contributed by atoms with van der Waals surface area (Å²) in [5.74, 6) is 0. The number of hydrogen-bond donors (Lipinski definition) is 2. The van der Waals surface area contributed by atoms with Gasteiger partial charge in [-0.2, -0.15) is 13.2 Å². The van der Waals surface area contributed by atoms with Gasteiger partial charge in [0.1, 0.15) is 0 Å². The van der Waals surface area contributed by atoms with E-state index in [2.05, 4.69) is 10.6 Å². The second kappa shape index (κ2) is 5.30. The molecule has 3 aromatic carbocycles. The van der Waals surface area contributed by atoms with E-state index in [0.29, 0.717) is 16.9 Å². The van der Waals surface area contributed by atoms with Gasteiger partial charge in [0.15, 0.2) is 0 Å². The number of alkyl halides is 3. The number of anilines is 4. The first-order chi connectivity index (χ1) is 11.5. The summed E-state index contributed by atoms with van der Waals surface area (Å²) in [5, 5.41) is 6.36. The quantitative estimate of drug-likeness (QED) is 0.437. The van der Waals surface area contributed by atoms with Crippen molar-refractivity contribution in [3.05, 3.63) is 72.3 Å². The Morgan fingerprint density at radius 2 is 1.25 bits per heavy atom. The lowest BCUT2D eigenvalue weighted by atomic mass is 9.94. The van der Waals surface area contributed by atoms with Gasteiger partial charge >= 0.3 is 6.18 Å². The molecular formula is C19H13F3N2. The third-order valence-corrected chi connectivity index (χ3v) is 4.03. The van der Waals surface area contributed by atoms with Crippen molar-refractivity contribution in [2.24, 2.45) is 0 Å². The molecule has 0 aromatic heterocycles. The van der Waals surface area contributed by atoms with Gasteiger partial charge in [0.25, 0.3) is 0 Å². The van der Waals surface area contributed by atoms with Crippen molar-refractivity contribution in [2.45, 2.75) is 6.18 Å². The van der Waals surface area contributed by atoms with Gasteiger partial charge in [-0.15, -0.1) is 0 Å². The van der Waals surface area contributed by atoms with Crippen LogP contribution in [0, 0.1) is 0 Å². The van der Waals surface area contributed by atoms with Gasteiger partial charge < -0.3 is 10.6 Å². The molecule has 3 aromatic rings. The summed E-state index contributed by atoms with van der Waals surface area (Å²) in [7, 11) is 0. The number of rotatable bonds is 1. The van der Waals surface area contributed by atoms with Crippen molar-refractivity contribution in [1.29, 1.82) is 0 Å². The van der Waals surface area contributed by atoms with E-state index >= 15 is 0 Å². The molecule has 2 nitrogen and oxygen atoms in total. The smallest absolute Gasteiger partial charge is 0.352 e. The highest BCUT2D eigenvalue weighted by molar-refractivity contribution is 5.99. The summed E-state index contributed by atoms with van der Waals surface area (Å²) in [4.78, 5) is 0. The summed E-state index contributed by atoms with van der Waals surface area (Å²) in [5.41, 5.74) is 2.68. The second-order valence-corrected chi connectivity index (χ2v) is 5.57. The lowest BCUT2D eigenvalue weighted by Gasteiger charge is -2.27. The molecule has 0 saturated carbocycles. The Morgan fingerprint density at radius 1 is 0.625 bits per heavy atom. The Hall–Kier alpha value is -2.95. The molecule has 1 aliphatic heterocycles. The summed E-state index contributed by atoms with van der Waals surface area (Å²) >= 11 is 0. The molecule has 0 spiro atoms. The monoisotopic (exact) mass is 326 g/mol. The lowest BCUT2D eigenvalue weighted by molar-refractivity contribution is -0.137. The van der Waals surface area contributed by atoms with E-state index in [1.807, 2.05) is 24.3 Å². The largest absolute Gasteiger partial charge is 0.417 e. The molecule has 24 heavy (non-hydrogen) atoms. The van der Waals surface area contributed by atoms with Gasteiger partial charge in [0.05, 0.1) is 28.3 Å². The van der Waals surface area contributed by atoms with Crippen LogP contribution in [-0.2, 0) is 6.18 Å². The van der Waals surface area contributed by atoms with E-state index in [1.165, 1.54) is 6.07 Å². The van der Waals surface area contributed by atoms with Gasteiger partial charge in [-0.25, -0.2) is 0 Å². The highest BCUT2D eigenvalue weighted by atomic mass is 19.4. The fraction of sp³-hybridized carbons (Fsp3) is 0.0526. The van der Waals surface area contributed by atoms with Crippen molar-refractivity contribution >= 4 is 22.7 Å². The van der Waals surface area contributed by atoms with E-state index in [-0.39, 0.29) is 5.56 Å². The molecule has 0 aliphatic carbocycles. The molecular weight excluding hydrogens is 313 g/mol. The van der Waals surface area contributed by atoms with Gasteiger partial charge in [-0.1, -0.05) is 42.5 Å². The average molecular weight is 326 g/mol. The number of fused-ring (bicyclic) bond motifs is 2. The summed E-state index contributed by atoms with van der Waals surface area (Å²) < 4.78 is 40.7. The summed E-state index contributed by atoms with van der Waals surface area (Å²) in [6.07, 6.45) is -4.43. The third-order valence-electron chi connectivity index (χ3n) is 4.03. The summed E-state index contributed by atoms with van der Waals surface area (Å²) in [6, 6.07) is 18.7. The van der Waals surface area contributed by atoms with Crippen LogP contribution in [0.2, 0.25) is 0 Å². The zero-order valence-corrected chi connectivity index (χ0v) is 12.5. The van der Waals surface area contributed by atoms with Gasteiger partial charge in [-0.05, 0) is 29.8 Å². The molecule has 0 fully saturated rings. The van der Waals surface area contributed by atoms with E-state index < -0.39 is 11.7 Å². The Balaban J connectivity index is 1.97. The third kappa shape index (κ3) is 2.38. The van der Waals surface area contributed by atoms with E-state index in [9.17, 15) is 13.2 Å². The highest BCUT2D eigenvalue weighted by Gasteiger charge is 2.36. The Labute approximate surface area is 137 Å². The molecule has 0 atom stereocenters. The number of benzene rings is 3. The van der Waals surface area contributed by atoms with Crippen LogP contribution in [-0.4, -0.2) is 0 Å². The van der Waals surface area contributed by atoms with Crippen molar-refractivity contribution in [2.75, 3.05) is 10.6 Å². The number of halogens is 3. The SMILES string of the molecule is FC(F)(F)c1ccc2c(c1-c1ccccc1)Nc1ccccc1N2. The lowest BCUT2D eigenvalue weighted by Crippen LogP contribution is -2.13. The molecule has 0 amide bonds. The molecule has 2 N–H and O–H groups in total. The van der Waals surface area contributed by atoms with Crippen molar-refractivity contribution in [3.8, 4) is 11.1 Å². The maximum atomic E-state index is 13.6. The minimum absolute atomic E-state index is 0.155. The van der Waals surface area contributed by atoms with Gasteiger partial charge in [0.2, 0.25) is 0 Å². The van der Waals surface area contributed by atoms with E-state index in [1.54, 1.807) is 30.3 Å². The number of hydrogen-bond acceptors (Lipinski definition) is 2. The molecule has 0 radical (unpaired) electrons. The van der Waals surface area contributed by atoms with Crippen molar-refractivity contribution in [1.82, 2.24) is 0 Å². The van der Waals surface area contributed by atoms with Crippen LogP contribution in [0.5, 0.6) is 0 Å². The predicted octanol–water partition coefficient (Wildman–Crippen LogP) is 6.17. The second-order valence-electron chi connectivity index (χ2n) is 5.57. The van der Waals surface area contributed by atoms with Crippen LogP contribution in [0.4, 0.5) is 35.9 Å². The maximum absolute atomic E-state index is 13.6. The highest BCUT2D eigenvalue weighted by Crippen LogP contribution is 2.48. The zero-order chi connectivity index (χ0) is 16.7. The van der Waals surface area contributed by atoms with Crippen LogP contribution in [0.3, 0.4) is 0 Å². The maximum Gasteiger partial charge on any atom is 0.417 e. The fourth-order valence-corrected chi connectivity index (χ4v) is 2.96. The molecule has 120 valence electrons. The zero-order valence-electron chi connectivity index (χ0n) is 12.5. The average Bonchev–Trinajstić information content (AvgIpc) is 2.59. The van der Waals surface area contributed by atoms with E-state index in [0.717, 1.165) is 17.4 Å². The predicted molar refractivity (Wildman–Crippen MR) is 89.9 cm³/mol. The van der Waals surface area contributed by atoms with Crippen LogP contribution in [0.25, 0.3) is 11.1 Å². The standard InChI is InChI=1S/C19H13F3N2/c20-19(21,22)13-10-11-16-18(17(13)12-6-2-1-3-7-12)24-15-9-5-4-8-14(15)23-16/h1-11,23-24H. The van der Waals surface area contributed by atoms with E-state index in [4.69, 9.17) is 0 Å². The number of nitrogens with one attached hydrogen (secondary N) is 2. The van der Waals surface area contributed by atoms with Crippen molar-refractivity contribution in [3.63, 3.8) is 0 Å². The minimum atomic E-state index is -4.43. The van der Waals surface area contributed by atoms with Crippen LogP contribution in [0.15, 0.2) is 66.7 Å². The minimum Gasteiger partial charge on any atom is -0.352 e. The Bertz CT molecular complexity index is 902. The van der Waals surface area contributed by atoms with Gasteiger partial charge in [-0.3, -0.25) is 0 Å². The molecule has 1 aliphatic rings. The van der Waals surface area contributed by atoms with Gasteiger partial charge in [0, 0.05) is 5.56 Å². The van der Waals surface area contributed by atoms with Crippen LogP contribution >= 0.6 is 0 Å². The topological polar surface area (TPSA) is 24.1 Å². The summed E-state index contributed by atoms with van der Waals surface area (Å²) in [6.45, 7) is 0. The fourth-order valence-electron chi connectivity index (χ4n) is 2.96. The molecule has 5 heteroatoms. The Morgan fingerprint density at radius 3 is 1.92 bits per heavy atom. The van der Waals surface area contributed by atoms with Crippen LogP contribution < -0.4 is 10.6 Å². The molecule has 0 saturated heterocycles. The molecule has 4 rings (SSSR count). The molecule has 0 unspecified atom stereocenters. The first kappa shape index (κ1) is 14.6. The number of para-hydroxylation sites is 2. The molecule has 1 heterocycles. The molecule has 0 bridgehead atoms. The first-order valence-corrected chi connectivity index (χ1v) is 7.47.